The minimum Gasteiger partial charge on any atom is -0.339 e. The van der Waals surface area contributed by atoms with Gasteiger partial charge in [0.2, 0.25) is 0 Å². The predicted octanol–water partition coefficient (Wildman–Crippen LogP) is 4.11. The zero-order valence-corrected chi connectivity index (χ0v) is 12.8. The minimum atomic E-state index is -0.605. The molecule has 3 aromatic heterocycles. The Hall–Kier alpha value is -3.48. The van der Waals surface area contributed by atoms with Crippen LogP contribution >= 0.6 is 0 Å². The number of nitrogens with zero attached hydrogens (tertiary/aromatic N) is 4. The molecule has 0 saturated heterocycles. The predicted molar refractivity (Wildman–Crippen MR) is 90.2 cm³/mol. The summed E-state index contributed by atoms with van der Waals surface area (Å²) in [5.41, 5.74) is 1.11. The first-order valence-corrected chi connectivity index (χ1v) is 7.46. The van der Waals surface area contributed by atoms with Gasteiger partial charge in [-0.2, -0.15) is 0 Å². The Morgan fingerprint density at radius 1 is 0.880 bits per heavy atom. The molecule has 0 unspecified atom stereocenters. The Balaban J connectivity index is 1.91. The Kier molecular flexibility index (Phi) is 3.74. The van der Waals surface area contributed by atoms with Gasteiger partial charge in [0.25, 0.3) is 0 Å². The van der Waals surface area contributed by atoms with Crippen molar-refractivity contribution >= 4 is 22.5 Å². The molecule has 0 amide bonds. The van der Waals surface area contributed by atoms with Gasteiger partial charge in [-0.05, 0) is 42.5 Å². The summed E-state index contributed by atoms with van der Waals surface area (Å²) < 4.78 is 27.7. The maximum absolute atomic E-state index is 14.1. The highest BCUT2D eigenvalue weighted by Crippen LogP contribution is 2.27. The van der Waals surface area contributed by atoms with Crippen LogP contribution in [-0.4, -0.2) is 19.9 Å². The van der Waals surface area contributed by atoms with Gasteiger partial charge in [0.05, 0.1) is 10.9 Å². The molecule has 1 aromatic carbocycles. The molecule has 1 N–H and O–H groups in total. The van der Waals surface area contributed by atoms with Crippen LogP contribution in [-0.2, 0) is 0 Å². The molecule has 0 fully saturated rings. The molecule has 0 aliphatic rings. The second-order valence-corrected chi connectivity index (χ2v) is 5.26. The summed E-state index contributed by atoms with van der Waals surface area (Å²) in [5, 5.41) is 3.81. The van der Waals surface area contributed by atoms with E-state index >= 15 is 0 Å². The van der Waals surface area contributed by atoms with Gasteiger partial charge >= 0.3 is 0 Å². The number of anilines is 2. The standard InChI is InChI=1S/C18H11F2N5/c19-11-3-4-15(20)14(10-11)18-24-16-13(2-1-7-22-16)17(25-18)23-12-5-8-21-9-6-12/h1-10H,(H,21,22,23,24,25). The van der Waals surface area contributed by atoms with Crippen molar-refractivity contribution in [1.29, 1.82) is 0 Å². The van der Waals surface area contributed by atoms with Gasteiger partial charge in [-0.25, -0.2) is 23.7 Å². The zero-order valence-electron chi connectivity index (χ0n) is 12.8. The van der Waals surface area contributed by atoms with Gasteiger partial charge in [-0.15, -0.1) is 0 Å². The summed E-state index contributed by atoms with van der Waals surface area (Å²) in [6.45, 7) is 0. The van der Waals surface area contributed by atoms with E-state index in [4.69, 9.17) is 0 Å². The first-order chi connectivity index (χ1) is 12.2. The van der Waals surface area contributed by atoms with Crippen LogP contribution in [0.4, 0.5) is 20.3 Å². The monoisotopic (exact) mass is 335 g/mol. The molecular weight excluding hydrogens is 324 g/mol. The van der Waals surface area contributed by atoms with Crippen LogP contribution in [0.5, 0.6) is 0 Å². The maximum Gasteiger partial charge on any atom is 0.167 e. The van der Waals surface area contributed by atoms with E-state index in [1.165, 1.54) is 0 Å². The number of nitrogens with one attached hydrogen (secondary N) is 1. The van der Waals surface area contributed by atoms with E-state index in [0.29, 0.717) is 16.9 Å². The highest BCUT2D eigenvalue weighted by atomic mass is 19.1. The summed E-state index contributed by atoms with van der Waals surface area (Å²) in [6, 6.07) is 10.3. The molecule has 0 atom stereocenters. The number of fused-ring (bicyclic) bond motifs is 1. The summed E-state index contributed by atoms with van der Waals surface area (Å²) in [4.78, 5) is 16.8. The van der Waals surface area contributed by atoms with Gasteiger partial charge < -0.3 is 5.32 Å². The number of aromatic nitrogens is 4. The van der Waals surface area contributed by atoms with Gasteiger partial charge in [0.15, 0.2) is 11.5 Å². The van der Waals surface area contributed by atoms with Gasteiger partial charge in [-0.3, -0.25) is 4.98 Å². The molecule has 0 aliphatic heterocycles. The molecule has 122 valence electrons. The molecule has 7 heteroatoms. The molecule has 0 bridgehead atoms. The van der Waals surface area contributed by atoms with Crippen LogP contribution in [0.2, 0.25) is 0 Å². The normalized spacial score (nSPS) is 10.8. The Labute approximate surface area is 141 Å². The number of hydrogen-bond donors (Lipinski definition) is 1. The number of pyridine rings is 2. The maximum atomic E-state index is 14.1. The average molecular weight is 335 g/mol. The summed E-state index contributed by atoms with van der Waals surface area (Å²) in [7, 11) is 0. The van der Waals surface area contributed by atoms with Crippen molar-refractivity contribution in [2.24, 2.45) is 0 Å². The zero-order chi connectivity index (χ0) is 17.2. The van der Waals surface area contributed by atoms with E-state index in [2.05, 4.69) is 25.3 Å². The summed E-state index contributed by atoms with van der Waals surface area (Å²) in [5.74, 6) is -0.668. The fourth-order valence-electron chi connectivity index (χ4n) is 2.42. The number of rotatable bonds is 3. The van der Waals surface area contributed by atoms with E-state index in [-0.39, 0.29) is 11.4 Å². The highest BCUT2D eigenvalue weighted by molar-refractivity contribution is 5.89. The van der Waals surface area contributed by atoms with Gasteiger partial charge in [0.1, 0.15) is 17.5 Å². The molecule has 25 heavy (non-hydrogen) atoms. The molecule has 0 radical (unpaired) electrons. The lowest BCUT2D eigenvalue weighted by molar-refractivity contribution is 0.602. The SMILES string of the molecule is Fc1ccc(F)c(-c2nc(Nc3ccncc3)c3cccnc3n2)c1. The van der Waals surface area contributed by atoms with Crippen LogP contribution in [0.1, 0.15) is 0 Å². The lowest BCUT2D eigenvalue weighted by atomic mass is 10.2. The van der Waals surface area contributed by atoms with Gasteiger partial charge in [0, 0.05) is 24.3 Å². The van der Waals surface area contributed by atoms with Crippen LogP contribution in [0, 0.1) is 11.6 Å². The average Bonchev–Trinajstić information content (AvgIpc) is 2.64. The van der Waals surface area contributed by atoms with Crippen LogP contribution in [0.15, 0.2) is 61.1 Å². The van der Waals surface area contributed by atoms with Crippen LogP contribution in [0.3, 0.4) is 0 Å². The Bertz CT molecular complexity index is 1050. The lowest BCUT2D eigenvalue weighted by Crippen LogP contribution is -2.01. The van der Waals surface area contributed by atoms with Crippen molar-refractivity contribution in [3.8, 4) is 11.4 Å². The van der Waals surface area contributed by atoms with Crippen LogP contribution in [0.25, 0.3) is 22.4 Å². The molecule has 4 rings (SSSR count). The van der Waals surface area contributed by atoms with E-state index in [1.807, 2.05) is 0 Å². The molecular formula is C18H11F2N5. The van der Waals surface area contributed by atoms with Crippen molar-refractivity contribution in [1.82, 2.24) is 19.9 Å². The third-order valence-electron chi connectivity index (χ3n) is 3.58. The third-order valence-corrected chi connectivity index (χ3v) is 3.58. The largest absolute Gasteiger partial charge is 0.339 e. The first kappa shape index (κ1) is 15.1. The van der Waals surface area contributed by atoms with Crippen molar-refractivity contribution in [2.75, 3.05) is 5.32 Å². The molecule has 0 saturated carbocycles. The topological polar surface area (TPSA) is 63.6 Å². The van der Waals surface area contributed by atoms with Crippen molar-refractivity contribution < 1.29 is 8.78 Å². The van der Waals surface area contributed by atoms with Gasteiger partial charge in [-0.1, -0.05) is 0 Å². The van der Waals surface area contributed by atoms with E-state index < -0.39 is 11.6 Å². The summed E-state index contributed by atoms with van der Waals surface area (Å²) >= 11 is 0. The lowest BCUT2D eigenvalue weighted by Gasteiger charge is -2.10. The smallest absolute Gasteiger partial charge is 0.167 e. The van der Waals surface area contributed by atoms with Crippen LogP contribution < -0.4 is 5.32 Å². The van der Waals surface area contributed by atoms with E-state index in [1.54, 1.807) is 42.9 Å². The Morgan fingerprint density at radius 2 is 1.72 bits per heavy atom. The second-order valence-electron chi connectivity index (χ2n) is 5.26. The van der Waals surface area contributed by atoms with E-state index in [0.717, 1.165) is 23.9 Å². The number of benzene rings is 1. The molecule has 5 nitrogen and oxygen atoms in total. The Morgan fingerprint density at radius 3 is 2.56 bits per heavy atom. The van der Waals surface area contributed by atoms with Crippen molar-refractivity contribution in [3.63, 3.8) is 0 Å². The fraction of sp³-hybridized carbons (Fsp3) is 0. The van der Waals surface area contributed by atoms with Crippen molar-refractivity contribution in [2.45, 2.75) is 0 Å². The molecule has 3 heterocycles. The quantitative estimate of drug-likeness (QED) is 0.610. The molecule has 4 aromatic rings. The highest BCUT2D eigenvalue weighted by Gasteiger charge is 2.14. The second kappa shape index (κ2) is 6.20. The minimum absolute atomic E-state index is 0.0228. The molecule has 0 spiro atoms. The number of hydrogen-bond acceptors (Lipinski definition) is 5. The van der Waals surface area contributed by atoms with Crippen molar-refractivity contribution in [3.05, 3.63) is 72.7 Å². The van der Waals surface area contributed by atoms with E-state index in [9.17, 15) is 8.78 Å². The summed E-state index contributed by atoms with van der Waals surface area (Å²) in [6.07, 6.45) is 4.85. The number of halogens is 2. The first-order valence-electron chi connectivity index (χ1n) is 7.46. The molecule has 0 aliphatic carbocycles. The fourth-order valence-corrected chi connectivity index (χ4v) is 2.42. The third kappa shape index (κ3) is 2.99.